The summed E-state index contributed by atoms with van der Waals surface area (Å²) in [5.41, 5.74) is 0.0539. The lowest BCUT2D eigenvalue weighted by molar-refractivity contribution is -0.139. The highest BCUT2D eigenvalue weighted by atomic mass is 79.9. The van der Waals surface area contributed by atoms with Crippen LogP contribution in [0.15, 0.2) is 22.7 Å². The van der Waals surface area contributed by atoms with Crippen molar-refractivity contribution in [2.45, 2.75) is 26.3 Å². The number of nitrogens with one attached hydrogen (secondary N) is 1. The number of hydrogen-bond acceptors (Lipinski definition) is 3. The summed E-state index contributed by atoms with van der Waals surface area (Å²) in [4.78, 5) is 23.0. The SMILES string of the molecule is CC(C)CC(NC(=O)c1ccc(Br)cc1O)C(=O)O. The maximum atomic E-state index is 11.9. The molecule has 5 nitrogen and oxygen atoms in total. The van der Waals surface area contributed by atoms with E-state index in [1.54, 1.807) is 6.07 Å². The zero-order valence-corrected chi connectivity index (χ0v) is 12.3. The number of hydrogen-bond donors (Lipinski definition) is 3. The van der Waals surface area contributed by atoms with E-state index in [9.17, 15) is 14.7 Å². The molecule has 1 rings (SSSR count). The summed E-state index contributed by atoms with van der Waals surface area (Å²) in [6.45, 7) is 3.75. The van der Waals surface area contributed by atoms with Crippen LogP contribution in [-0.2, 0) is 4.79 Å². The molecule has 0 radical (unpaired) electrons. The molecule has 19 heavy (non-hydrogen) atoms. The van der Waals surface area contributed by atoms with Gasteiger partial charge in [-0.3, -0.25) is 4.79 Å². The highest BCUT2D eigenvalue weighted by Crippen LogP contribution is 2.22. The first-order valence-electron chi connectivity index (χ1n) is 5.83. The molecule has 0 aliphatic carbocycles. The Morgan fingerprint density at radius 1 is 1.37 bits per heavy atom. The summed E-state index contributed by atoms with van der Waals surface area (Å²) < 4.78 is 0.638. The molecule has 0 aliphatic heterocycles. The second-order valence-electron chi connectivity index (χ2n) is 4.66. The van der Waals surface area contributed by atoms with Crippen molar-refractivity contribution in [1.29, 1.82) is 0 Å². The van der Waals surface area contributed by atoms with Crippen molar-refractivity contribution < 1.29 is 19.8 Å². The molecular weight excluding hydrogens is 314 g/mol. The molecule has 1 aromatic carbocycles. The summed E-state index contributed by atoms with van der Waals surface area (Å²) in [7, 11) is 0. The number of aromatic hydroxyl groups is 1. The number of benzene rings is 1. The van der Waals surface area contributed by atoms with Gasteiger partial charge in [-0.25, -0.2) is 4.79 Å². The second-order valence-corrected chi connectivity index (χ2v) is 5.57. The van der Waals surface area contributed by atoms with Crippen molar-refractivity contribution in [1.82, 2.24) is 5.32 Å². The number of carboxylic acids is 1. The van der Waals surface area contributed by atoms with E-state index in [0.29, 0.717) is 10.9 Å². The van der Waals surface area contributed by atoms with Gasteiger partial charge in [-0.15, -0.1) is 0 Å². The fraction of sp³-hybridized carbons (Fsp3) is 0.385. The minimum absolute atomic E-state index is 0.0539. The Bertz CT molecular complexity index is 488. The molecule has 0 aliphatic rings. The van der Waals surface area contributed by atoms with E-state index in [-0.39, 0.29) is 17.2 Å². The lowest BCUT2D eigenvalue weighted by atomic mass is 10.0. The third kappa shape index (κ3) is 4.55. The van der Waals surface area contributed by atoms with E-state index in [1.165, 1.54) is 12.1 Å². The van der Waals surface area contributed by atoms with Gasteiger partial charge in [0.05, 0.1) is 5.56 Å². The number of halogens is 1. The second kappa shape index (κ2) is 6.56. The maximum absolute atomic E-state index is 11.9. The van der Waals surface area contributed by atoms with Crippen LogP contribution in [0.5, 0.6) is 5.75 Å². The third-order valence-corrected chi connectivity index (χ3v) is 3.01. The predicted octanol–water partition coefficient (Wildman–Crippen LogP) is 2.38. The molecule has 1 aromatic rings. The van der Waals surface area contributed by atoms with Crippen molar-refractivity contribution >= 4 is 27.8 Å². The van der Waals surface area contributed by atoms with Gasteiger partial charge < -0.3 is 15.5 Å². The first-order valence-corrected chi connectivity index (χ1v) is 6.62. The van der Waals surface area contributed by atoms with Gasteiger partial charge >= 0.3 is 5.97 Å². The zero-order valence-electron chi connectivity index (χ0n) is 10.7. The third-order valence-electron chi connectivity index (χ3n) is 2.51. The molecule has 1 atom stereocenters. The van der Waals surface area contributed by atoms with Crippen LogP contribution >= 0.6 is 15.9 Å². The van der Waals surface area contributed by atoms with E-state index in [2.05, 4.69) is 21.2 Å². The van der Waals surface area contributed by atoms with Gasteiger partial charge in [-0.2, -0.15) is 0 Å². The Balaban J connectivity index is 2.84. The lowest BCUT2D eigenvalue weighted by Gasteiger charge is -2.16. The normalized spacial score (nSPS) is 12.2. The van der Waals surface area contributed by atoms with E-state index in [1.807, 2.05) is 13.8 Å². The van der Waals surface area contributed by atoms with E-state index in [0.717, 1.165) is 0 Å². The Morgan fingerprint density at radius 2 is 2.00 bits per heavy atom. The number of phenols is 1. The van der Waals surface area contributed by atoms with E-state index >= 15 is 0 Å². The number of aliphatic carboxylic acids is 1. The first kappa shape index (κ1) is 15.5. The van der Waals surface area contributed by atoms with Crippen LogP contribution in [0.1, 0.15) is 30.6 Å². The standard InChI is InChI=1S/C13H16BrNO4/c1-7(2)5-10(13(18)19)15-12(17)9-4-3-8(14)6-11(9)16/h3-4,6-7,10,16H,5H2,1-2H3,(H,15,17)(H,18,19). The highest BCUT2D eigenvalue weighted by Gasteiger charge is 2.22. The van der Waals surface area contributed by atoms with Gasteiger partial charge in [0.2, 0.25) is 0 Å². The molecule has 104 valence electrons. The minimum atomic E-state index is -1.08. The van der Waals surface area contributed by atoms with Gasteiger partial charge in [0, 0.05) is 4.47 Å². The Labute approximate surface area is 119 Å². The Hall–Kier alpha value is -1.56. The molecule has 0 saturated carbocycles. The van der Waals surface area contributed by atoms with Gasteiger partial charge in [0.1, 0.15) is 11.8 Å². The molecular formula is C13H16BrNO4. The average molecular weight is 330 g/mol. The Kier molecular flexibility index (Phi) is 5.35. The molecule has 0 bridgehead atoms. The van der Waals surface area contributed by atoms with Crippen LogP contribution in [-0.4, -0.2) is 28.1 Å². The molecule has 0 fully saturated rings. The Morgan fingerprint density at radius 3 is 2.47 bits per heavy atom. The number of phenolic OH excluding ortho intramolecular Hbond substituents is 1. The van der Waals surface area contributed by atoms with Crippen molar-refractivity contribution in [3.8, 4) is 5.75 Å². The molecule has 0 heterocycles. The number of amides is 1. The average Bonchev–Trinajstić information content (AvgIpc) is 2.26. The molecule has 0 spiro atoms. The highest BCUT2D eigenvalue weighted by molar-refractivity contribution is 9.10. The molecule has 0 saturated heterocycles. The van der Waals surface area contributed by atoms with Gasteiger partial charge in [-0.05, 0) is 30.5 Å². The van der Waals surface area contributed by atoms with Crippen LogP contribution in [0.25, 0.3) is 0 Å². The number of carbonyl (C=O) groups is 2. The van der Waals surface area contributed by atoms with Crippen molar-refractivity contribution in [3.63, 3.8) is 0 Å². The minimum Gasteiger partial charge on any atom is -0.507 e. The lowest BCUT2D eigenvalue weighted by Crippen LogP contribution is -2.41. The monoisotopic (exact) mass is 329 g/mol. The quantitative estimate of drug-likeness (QED) is 0.774. The van der Waals surface area contributed by atoms with Crippen LogP contribution in [0.4, 0.5) is 0 Å². The van der Waals surface area contributed by atoms with Crippen molar-refractivity contribution in [2.24, 2.45) is 5.92 Å². The summed E-state index contributed by atoms with van der Waals surface area (Å²) in [5.74, 6) is -1.74. The van der Waals surface area contributed by atoms with Gasteiger partial charge in [-0.1, -0.05) is 29.8 Å². The number of rotatable bonds is 5. The molecule has 1 amide bonds. The van der Waals surface area contributed by atoms with Crippen LogP contribution in [0.2, 0.25) is 0 Å². The largest absolute Gasteiger partial charge is 0.507 e. The van der Waals surface area contributed by atoms with Crippen molar-refractivity contribution in [3.05, 3.63) is 28.2 Å². The predicted molar refractivity (Wildman–Crippen MR) is 74.2 cm³/mol. The summed E-state index contributed by atoms with van der Waals surface area (Å²) in [6, 6.07) is 3.46. The molecule has 3 N–H and O–H groups in total. The molecule has 1 unspecified atom stereocenters. The summed E-state index contributed by atoms with van der Waals surface area (Å²) >= 11 is 3.17. The van der Waals surface area contributed by atoms with E-state index in [4.69, 9.17) is 5.11 Å². The van der Waals surface area contributed by atoms with Gasteiger partial charge in [0.25, 0.3) is 5.91 Å². The molecule has 0 aromatic heterocycles. The topological polar surface area (TPSA) is 86.6 Å². The fourth-order valence-electron chi connectivity index (χ4n) is 1.63. The maximum Gasteiger partial charge on any atom is 0.326 e. The molecule has 6 heteroatoms. The van der Waals surface area contributed by atoms with Crippen LogP contribution in [0, 0.1) is 5.92 Å². The number of carboxylic acid groups (broad SMARTS) is 1. The first-order chi connectivity index (χ1) is 8.81. The fourth-order valence-corrected chi connectivity index (χ4v) is 1.97. The van der Waals surface area contributed by atoms with Crippen LogP contribution < -0.4 is 5.32 Å². The number of carbonyl (C=O) groups excluding carboxylic acids is 1. The zero-order chi connectivity index (χ0) is 14.6. The van der Waals surface area contributed by atoms with Crippen LogP contribution in [0.3, 0.4) is 0 Å². The smallest absolute Gasteiger partial charge is 0.326 e. The summed E-state index contributed by atoms with van der Waals surface area (Å²) in [6.07, 6.45) is 0.332. The van der Waals surface area contributed by atoms with Crippen molar-refractivity contribution in [2.75, 3.05) is 0 Å². The summed E-state index contributed by atoms with van der Waals surface area (Å²) in [5, 5.41) is 21.1. The van der Waals surface area contributed by atoms with E-state index < -0.39 is 17.9 Å². The van der Waals surface area contributed by atoms with Gasteiger partial charge in [0.15, 0.2) is 0 Å².